The van der Waals surface area contributed by atoms with Crippen molar-refractivity contribution in [1.82, 2.24) is 0 Å². The summed E-state index contributed by atoms with van der Waals surface area (Å²) in [5.74, 6) is 0.385. The van der Waals surface area contributed by atoms with E-state index >= 15 is 0 Å². The van der Waals surface area contributed by atoms with Crippen LogP contribution in [0.15, 0.2) is 17.0 Å². The number of ether oxygens (including phenoxy) is 1. The van der Waals surface area contributed by atoms with Gasteiger partial charge in [0, 0.05) is 6.54 Å². The Kier molecular flexibility index (Phi) is 5.09. The van der Waals surface area contributed by atoms with Gasteiger partial charge in [-0.3, -0.25) is 0 Å². The van der Waals surface area contributed by atoms with Crippen LogP contribution in [0.4, 0.5) is 11.4 Å². The van der Waals surface area contributed by atoms with Gasteiger partial charge in [-0.15, -0.1) is 0 Å². The smallest absolute Gasteiger partial charge is 0.431 e. The van der Waals surface area contributed by atoms with Crippen molar-refractivity contribution in [3.8, 4) is 5.75 Å². The third kappa shape index (κ3) is 3.56. The van der Waals surface area contributed by atoms with Crippen LogP contribution in [0.3, 0.4) is 0 Å². The number of nitrogens with one attached hydrogen (secondary N) is 1. The Balaban J connectivity index is 3.35. The number of diazo groups is 1. The predicted octanol–water partition coefficient (Wildman–Crippen LogP) is 2.04. The molecule has 0 aliphatic heterocycles. The minimum absolute atomic E-state index is 0.141. The second-order valence-corrected chi connectivity index (χ2v) is 5.44. The van der Waals surface area contributed by atoms with Gasteiger partial charge in [-0.2, -0.15) is 0 Å². The summed E-state index contributed by atoms with van der Waals surface area (Å²) in [5, 5.41) is 17.1. The van der Waals surface area contributed by atoms with Gasteiger partial charge < -0.3 is 10.1 Å². The fraction of sp³-hybridized carbons (Fsp3) is 0.455. The van der Waals surface area contributed by atoms with Gasteiger partial charge in [-0.1, -0.05) is 13.3 Å². The summed E-state index contributed by atoms with van der Waals surface area (Å²) in [6.07, 6.45) is 1.85. The SMILES string of the molecule is CCCCNc1c(OC)ccc(S(N)(=O)=O)c1[N+]#N. The number of primary sulfonamides is 1. The van der Waals surface area contributed by atoms with Gasteiger partial charge >= 0.3 is 5.69 Å². The van der Waals surface area contributed by atoms with Gasteiger partial charge in [0.25, 0.3) is 0 Å². The standard InChI is InChI=1S/C11H17N4O3S/c1-3-4-7-14-10-8(18-2)5-6-9(11(10)15-12)19(13,16)17/h5-6,14H,3-4,7H2,1-2H3,(H2,13,16,17)/q+1. The molecule has 1 aromatic carbocycles. The lowest BCUT2D eigenvalue weighted by Crippen LogP contribution is -2.13. The largest absolute Gasteiger partial charge is 0.494 e. The predicted molar refractivity (Wildman–Crippen MR) is 72.5 cm³/mol. The van der Waals surface area contributed by atoms with Crippen molar-refractivity contribution in [2.75, 3.05) is 19.0 Å². The number of anilines is 1. The van der Waals surface area contributed by atoms with E-state index in [9.17, 15) is 8.42 Å². The van der Waals surface area contributed by atoms with E-state index in [4.69, 9.17) is 15.3 Å². The highest BCUT2D eigenvalue weighted by Crippen LogP contribution is 2.39. The minimum Gasteiger partial charge on any atom is -0.494 e. The summed E-state index contributed by atoms with van der Waals surface area (Å²) >= 11 is 0. The molecule has 0 unspecified atom stereocenters. The number of methoxy groups -OCH3 is 1. The number of hydrogen-bond donors (Lipinski definition) is 2. The first-order chi connectivity index (χ1) is 8.95. The Morgan fingerprint density at radius 2 is 2.16 bits per heavy atom. The summed E-state index contributed by atoms with van der Waals surface area (Å²) < 4.78 is 28.0. The zero-order chi connectivity index (χ0) is 14.5. The molecule has 0 aromatic heterocycles. The zero-order valence-corrected chi connectivity index (χ0v) is 11.7. The molecule has 1 rings (SSSR count). The first-order valence-electron chi connectivity index (χ1n) is 5.78. The third-order valence-electron chi connectivity index (χ3n) is 2.56. The van der Waals surface area contributed by atoms with Crippen molar-refractivity contribution < 1.29 is 13.2 Å². The highest BCUT2D eigenvalue weighted by molar-refractivity contribution is 7.89. The molecule has 3 N–H and O–H groups in total. The molecule has 0 saturated carbocycles. The zero-order valence-electron chi connectivity index (χ0n) is 10.9. The third-order valence-corrected chi connectivity index (χ3v) is 3.50. The molecule has 0 heterocycles. The van der Waals surface area contributed by atoms with Crippen LogP contribution in [-0.4, -0.2) is 22.1 Å². The number of rotatable bonds is 6. The van der Waals surface area contributed by atoms with Crippen LogP contribution in [0.1, 0.15) is 19.8 Å². The van der Waals surface area contributed by atoms with Crippen molar-refractivity contribution in [3.05, 3.63) is 17.1 Å². The van der Waals surface area contributed by atoms with Crippen molar-refractivity contribution >= 4 is 21.4 Å². The quantitative estimate of drug-likeness (QED) is 0.614. The van der Waals surface area contributed by atoms with E-state index in [1.54, 1.807) is 0 Å². The molecule has 8 heteroatoms. The maximum absolute atomic E-state index is 11.4. The average Bonchev–Trinajstić information content (AvgIpc) is 2.37. The molecule has 0 fully saturated rings. The molecule has 1 aromatic rings. The number of hydrogen-bond acceptors (Lipinski definition) is 5. The number of nitrogens with two attached hydrogens (primary N) is 1. The minimum atomic E-state index is -3.97. The van der Waals surface area contributed by atoms with Gasteiger partial charge in [0.2, 0.25) is 15.4 Å². The van der Waals surface area contributed by atoms with E-state index in [0.717, 1.165) is 12.8 Å². The van der Waals surface area contributed by atoms with E-state index in [0.29, 0.717) is 18.0 Å². The molecule has 19 heavy (non-hydrogen) atoms. The topological polar surface area (TPSA) is 110 Å². The van der Waals surface area contributed by atoms with Crippen LogP contribution in [0.2, 0.25) is 0 Å². The van der Waals surface area contributed by atoms with Crippen LogP contribution < -0.4 is 15.2 Å². The first-order valence-corrected chi connectivity index (χ1v) is 7.33. The van der Waals surface area contributed by atoms with Gasteiger partial charge in [0.05, 0.1) is 7.11 Å². The summed E-state index contributed by atoms with van der Waals surface area (Å²) in [6, 6.07) is 2.71. The summed E-state index contributed by atoms with van der Waals surface area (Å²) in [6.45, 7) is 2.63. The highest BCUT2D eigenvalue weighted by atomic mass is 32.2. The molecule has 0 spiro atoms. The second-order valence-electron chi connectivity index (χ2n) is 3.91. The number of benzene rings is 1. The van der Waals surface area contributed by atoms with E-state index in [1.165, 1.54) is 19.2 Å². The molecule has 104 valence electrons. The number of unbranched alkanes of at least 4 members (excludes halogenated alkanes) is 1. The Bertz CT molecular complexity index is 593. The Labute approximate surface area is 112 Å². The Morgan fingerprint density at radius 1 is 1.47 bits per heavy atom. The number of sulfonamides is 1. The van der Waals surface area contributed by atoms with Gasteiger partial charge in [0.15, 0.2) is 15.6 Å². The molecule has 0 atom stereocenters. The lowest BCUT2D eigenvalue weighted by Gasteiger charge is -2.09. The molecule has 0 aliphatic rings. The Morgan fingerprint density at radius 3 is 2.63 bits per heavy atom. The fourth-order valence-electron chi connectivity index (χ4n) is 1.61. The van der Waals surface area contributed by atoms with Crippen LogP contribution in [-0.2, 0) is 10.0 Å². The average molecular weight is 285 g/mol. The molecule has 0 amide bonds. The number of nitrogens with zero attached hydrogens (tertiary/aromatic N) is 2. The first kappa shape index (κ1) is 15.2. The molecular formula is C11H17N4O3S+. The summed E-state index contributed by atoms with van der Waals surface area (Å²) in [4.78, 5) is 2.77. The lowest BCUT2D eigenvalue weighted by molar-refractivity contribution is 0.416. The van der Waals surface area contributed by atoms with E-state index in [1.807, 2.05) is 6.92 Å². The monoisotopic (exact) mass is 285 g/mol. The van der Waals surface area contributed by atoms with Crippen LogP contribution >= 0.6 is 0 Å². The van der Waals surface area contributed by atoms with Gasteiger partial charge in [-0.05, 0) is 18.6 Å². The highest BCUT2D eigenvalue weighted by Gasteiger charge is 2.30. The molecule has 0 aliphatic carbocycles. The van der Waals surface area contributed by atoms with E-state index in [-0.39, 0.29) is 10.6 Å². The maximum atomic E-state index is 11.4. The Hall–Kier alpha value is -1.85. The van der Waals surface area contributed by atoms with Crippen LogP contribution in [0, 0.1) is 5.39 Å². The van der Waals surface area contributed by atoms with Crippen molar-refractivity contribution in [2.24, 2.45) is 5.14 Å². The van der Waals surface area contributed by atoms with Crippen molar-refractivity contribution in [3.63, 3.8) is 0 Å². The molecular weight excluding hydrogens is 268 g/mol. The molecule has 0 saturated heterocycles. The fourth-order valence-corrected chi connectivity index (χ4v) is 2.28. The van der Waals surface area contributed by atoms with Crippen LogP contribution in [0.25, 0.3) is 4.98 Å². The van der Waals surface area contributed by atoms with E-state index < -0.39 is 10.0 Å². The second kappa shape index (κ2) is 6.36. The summed E-state index contributed by atoms with van der Waals surface area (Å²) in [5.41, 5.74) is 0.169. The summed E-state index contributed by atoms with van der Waals surface area (Å²) in [7, 11) is -2.53. The maximum Gasteiger partial charge on any atom is 0.431 e. The van der Waals surface area contributed by atoms with Gasteiger partial charge in [0.1, 0.15) is 5.75 Å². The van der Waals surface area contributed by atoms with Crippen molar-refractivity contribution in [1.29, 1.82) is 5.39 Å². The molecule has 0 bridgehead atoms. The normalized spacial score (nSPS) is 10.8. The lowest BCUT2D eigenvalue weighted by atomic mass is 10.2. The van der Waals surface area contributed by atoms with E-state index in [2.05, 4.69) is 10.3 Å². The molecule has 0 radical (unpaired) electrons. The molecule has 7 nitrogen and oxygen atoms in total. The van der Waals surface area contributed by atoms with Crippen LogP contribution in [0.5, 0.6) is 5.75 Å². The van der Waals surface area contributed by atoms with Gasteiger partial charge in [-0.25, -0.2) is 13.6 Å². The van der Waals surface area contributed by atoms with Crippen molar-refractivity contribution in [2.45, 2.75) is 24.7 Å².